The third kappa shape index (κ3) is 3.60. The number of hydrogen-bond acceptors (Lipinski definition) is 4. The van der Waals surface area contributed by atoms with E-state index in [4.69, 9.17) is 9.47 Å². The van der Waals surface area contributed by atoms with Crippen molar-refractivity contribution >= 4 is 0 Å². The van der Waals surface area contributed by atoms with Gasteiger partial charge in [-0.1, -0.05) is 91.0 Å². The second kappa shape index (κ2) is 8.25. The number of benzene rings is 3. The molecular formula is C24H24O4. The van der Waals surface area contributed by atoms with Gasteiger partial charge in [0.1, 0.15) is 11.7 Å². The van der Waals surface area contributed by atoms with Crippen LogP contribution >= 0.6 is 0 Å². The number of hydrogen-bond donors (Lipinski definition) is 2. The maximum Gasteiger partial charge on any atom is 0.157 e. The molecular weight excluding hydrogens is 352 g/mol. The molecule has 0 aromatic heterocycles. The minimum Gasteiger partial charge on any atom is -0.390 e. The molecule has 0 spiro atoms. The molecule has 3 aromatic carbocycles. The van der Waals surface area contributed by atoms with Crippen LogP contribution in [0.3, 0.4) is 0 Å². The van der Waals surface area contributed by atoms with Crippen LogP contribution in [-0.4, -0.2) is 35.3 Å². The van der Waals surface area contributed by atoms with E-state index in [9.17, 15) is 10.2 Å². The molecule has 1 aliphatic rings. The van der Waals surface area contributed by atoms with E-state index in [0.29, 0.717) is 0 Å². The fourth-order valence-corrected chi connectivity index (χ4v) is 3.83. The summed E-state index contributed by atoms with van der Waals surface area (Å²) in [6.07, 6.45) is -2.09. The van der Waals surface area contributed by atoms with Crippen molar-refractivity contribution in [3.63, 3.8) is 0 Å². The highest BCUT2D eigenvalue weighted by molar-refractivity contribution is 5.47. The maximum absolute atomic E-state index is 10.2. The Hall–Kier alpha value is -2.50. The number of aliphatic hydroxyl groups is 2. The predicted octanol–water partition coefficient (Wildman–Crippen LogP) is 3.46. The van der Waals surface area contributed by atoms with Crippen LogP contribution in [0.5, 0.6) is 0 Å². The summed E-state index contributed by atoms with van der Waals surface area (Å²) in [5, 5.41) is 19.9. The molecule has 1 saturated heterocycles. The Labute approximate surface area is 165 Å². The molecule has 2 N–H and O–H groups in total. The first-order valence-electron chi connectivity index (χ1n) is 9.52. The first-order chi connectivity index (χ1) is 13.7. The third-order valence-corrected chi connectivity index (χ3v) is 5.21. The molecule has 1 heterocycles. The topological polar surface area (TPSA) is 58.9 Å². The van der Waals surface area contributed by atoms with E-state index in [0.717, 1.165) is 16.7 Å². The average molecular weight is 376 g/mol. The van der Waals surface area contributed by atoms with Crippen LogP contribution in [-0.2, 0) is 15.1 Å². The fraction of sp³-hybridized carbons (Fsp3) is 0.250. The van der Waals surface area contributed by atoms with Crippen molar-refractivity contribution in [2.24, 2.45) is 0 Å². The van der Waals surface area contributed by atoms with Crippen molar-refractivity contribution in [3.8, 4) is 0 Å². The van der Waals surface area contributed by atoms with Crippen LogP contribution in [0, 0.1) is 0 Å². The van der Waals surface area contributed by atoms with Gasteiger partial charge in [-0.15, -0.1) is 0 Å². The smallest absolute Gasteiger partial charge is 0.157 e. The summed E-state index contributed by atoms with van der Waals surface area (Å²) in [5.41, 5.74) is 2.10. The van der Waals surface area contributed by atoms with Gasteiger partial charge in [-0.3, -0.25) is 0 Å². The summed E-state index contributed by atoms with van der Waals surface area (Å²) in [7, 11) is 0. The van der Waals surface area contributed by atoms with Crippen LogP contribution in [0.4, 0.5) is 0 Å². The largest absolute Gasteiger partial charge is 0.390 e. The zero-order valence-corrected chi connectivity index (χ0v) is 15.5. The van der Waals surface area contributed by atoms with Crippen molar-refractivity contribution < 1.29 is 19.7 Å². The van der Waals surface area contributed by atoms with E-state index in [1.165, 1.54) is 0 Å². The quantitative estimate of drug-likeness (QED) is 0.647. The highest BCUT2D eigenvalue weighted by atomic mass is 16.6. The first-order valence-corrected chi connectivity index (χ1v) is 9.52. The van der Waals surface area contributed by atoms with E-state index in [2.05, 4.69) is 0 Å². The highest BCUT2D eigenvalue weighted by Gasteiger charge is 2.40. The fourth-order valence-electron chi connectivity index (χ4n) is 3.83. The standard InChI is InChI=1S/C24H24O4/c25-21-16-23(26)28-22(21)17-27-24(18-10-4-1-5-11-18,19-12-6-2-7-13-19)20-14-8-3-9-15-20/h1-15,21-23,25-26H,16-17H2/t21-,22-,23?/m0/s1. The first kappa shape index (κ1) is 18.8. The third-order valence-electron chi connectivity index (χ3n) is 5.21. The Balaban J connectivity index is 1.81. The van der Waals surface area contributed by atoms with Crippen molar-refractivity contribution in [2.75, 3.05) is 6.61 Å². The van der Waals surface area contributed by atoms with Gasteiger partial charge in [-0.25, -0.2) is 0 Å². The molecule has 0 amide bonds. The van der Waals surface area contributed by atoms with Crippen molar-refractivity contribution in [2.45, 2.75) is 30.5 Å². The normalized spacial score (nSPS) is 22.3. The summed E-state index contributed by atoms with van der Waals surface area (Å²) >= 11 is 0. The van der Waals surface area contributed by atoms with Gasteiger partial charge in [0.05, 0.1) is 12.7 Å². The van der Waals surface area contributed by atoms with Crippen LogP contribution < -0.4 is 0 Å². The highest BCUT2D eigenvalue weighted by Crippen LogP contribution is 2.41. The molecule has 3 atom stereocenters. The number of aliphatic hydroxyl groups excluding tert-OH is 2. The van der Waals surface area contributed by atoms with Crippen LogP contribution in [0.2, 0.25) is 0 Å². The summed E-state index contributed by atoms with van der Waals surface area (Å²) in [6, 6.07) is 30.1. The lowest BCUT2D eigenvalue weighted by molar-refractivity contribution is -0.130. The van der Waals surface area contributed by atoms with Gasteiger partial charge in [0.2, 0.25) is 0 Å². The molecule has 4 heteroatoms. The average Bonchev–Trinajstić information content (AvgIpc) is 3.08. The molecule has 0 bridgehead atoms. The van der Waals surface area contributed by atoms with E-state index in [1.807, 2.05) is 91.0 Å². The second-order valence-electron chi connectivity index (χ2n) is 7.02. The maximum atomic E-state index is 10.2. The van der Waals surface area contributed by atoms with Crippen LogP contribution in [0.1, 0.15) is 23.1 Å². The molecule has 0 radical (unpaired) electrons. The molecule has 144 valence electrons. The van der Waals surface area contributed by atoms with Gasteiger partial charge in [-0.05, 0) is 16.7 Å². The Bertz CT molecular complexity index is 770. The van der Waals surface area contributed by atoms with Crippen molar-refractivity contribution in [1.82, 2.24) is 0 Å². The van der Waals surface area contributed by atoms with E-state index in [-0.39, 0.29) is 13.0 Å². The molecule has 0 aliphatic carbocycles. The zero-order chi connectivity index (χ0) is 19.4. The van der Waals surface area contributed by atoms with Crippen LogP contribution in [0.25, 0.3) is 0 Å². The molecule has 4 rings (SSSR count). The summed E-state index contributed by atoms with van der Waals surface area (Å²) < 4.78 is 12.1. The van der Waals surface area contributed by atoms with E-state index < -0.39 is 24.1 Å². The Kier molecular flexibility index (Phi) is 5.55. The van der Waals surface area contributed by atoms with Crippen molar-refractivity contribution in [1.29, 1.82) is 0 Å². The summed E-state index contributed by atoms with van der Waals surface area (Å²) in [4.78, 5) is 0. The van der Waals surface area contributed by atoms with Gasteiger partial charge in [0.15, 0.2) is 6.29 Å². The van der Waals surface area contributed by atoms with E-state index >= 15 is 0 Å². The Morgan fingerprint density at radius 1 is 0.750 bits per heavy atom. The zero-order valence-electron chi connectivity index (χ0n) is 15.5. The lowest BCUT2D eigenvalue weighted by atomic mass is 9.80. The van der Waals surface area contributed by atoms with Crippen molar-refractivity contribution in [3.05, 3.63) is 108 Å². The minimum atomic E-state index is -0.955. The molecule has 3 aromatic rings. The van der Waals surface area contributed by atoms with Gasteiger partial charge < -0.3 is 19.7 Å². The van der Waals surface area contributed by atoms with Gasteiger partial charge in [0.25, 0.3) is 0 Å². The monoisotopic (exact) mass is 376 g/mol. The lowest BCUT2D eigenvalue weighted by Gasteiger charge is -2.37. The Morgan fingerprint density at radius 3 is 1.54 bits per heavy atom. The minimum absolute atomic E-state index is 0.150. The summed E-state index contributed by atoms with van der Waals surface area (Å²) in [6.45, 7) is 0.150. The molecule has 0 saturated carbocycles. The molecule has 1 fully saturated rings. The van der Waals surface area contributed by atoms with Gasteiger partial charge >= 0.3 is 0 Å². The van der Waals surface area contributed by atoms with Gasteiger partial charge in [-0.2, -0.15) is 0 Å². The molecule has 4 nitrogen and oxygen atoms in total. The van der Waals surface area contributed by atoms with Crippen LogP contribution in [0.15, 0.2) is 91.0 Å². The molecule has 28 heavy (non-hydrogen) atoms. The SMILES string of the molecule is OC1C[C@H](O)[C@H](COC(c2ccccc2)(c2ccccc2)c2ccccc2)O1. The van der Waals surface area contributed by atoms with Gasteiger partial charge in [0, 0.05) is 6.42 Å². The predicted molar refractivity (Wildman–Crippen MR) is 107 cm³/mol. The Morgan fingerprint density at radius 2 is 1.18 bits per heavy atom. The molecule has 1 unspecified atom stereocenters. The number of rotatable bonds is 6. The number of ether oxygens (including phenoxy) is 2. The second-order valence-corrected chi connectivity index (χ2v) is 7.02. The molecule has 1 aliphatic heterocycles. The van der Waals surface area contributed by atoms with E-state index in [1.54, 1.807) is 0 Å². The lowest BCUT2D eigenvalue weighted by Crippen LogP contribution is -2.38. The summed E-state index contributed by atoms with van der Waals surface area (Å²) in [5.74, 6) is 0.